The van der Waals surface area contributed by atoms with Crippen LogP contribution in [0.25, 0.3) is 0 Å². The highest BCUT2D eigenvalue weighted by atomic mass is 15.1. The average Bonchev–Trinajstić information content (AvgIpc) is 2.14. The third-order valence-electron chi connectivity index (χ3n) is 2.46. The third kappa shape index (κ3) is 8.26. The first kappa shape index (κ1) is 12.9. The van der Waals surface area contributed by atoms with E-state index in [4.69, 9.17) is 0 Å². The number of nitrogens with zero attached hydrogens (tertiary/aromatic N) is 1. The smallest absolute Gasteiger partial charge is 0.00391 e. The molecular weight excluding hydrogens is 160 g/mol. The number of hydrogen-bond donors (Lipinski definition) is 1. The summed E-state index contributed by atoms with van der Waals surface area (Å²) in [4.78, 5) is 2.37. The Kier molecular flexibility index (Phi) is 8.46. The van der Waals surface area contributed by atoms with Gasteiger partial charge in [-0.1, -0.05) is 13.8 Å². The summed E-state index contributed by atoms with van der Waals surface area (Å²) in [5, 5.41) is 3.51. The molecule has 0 bridgehead atoms. The van der Waals surface area contributed by atoms with Gasteiger partial charge in [0.25, 0.3) is 0 Å². The maximum absolute atomic E-state index is 3.51. The minimum absolute atomic E-state index is 0.685. The van der Waals surface area contributed by atoms with Crippen molar-refractivity contribution >= 4 is 0 Å². The molecule has 0 aliphatic heterocycles. The van der Waals surface area contributed by atoms with Gasteiger partial charge in [-0.2, -0.15) is 0 Å². The van der Waals surface area contributed by atoms with Crippen molar-refractivity contribution < 1.29 is 0 Å². The third-order valence-corrected chi connectivity index (χ3v) is 2.46. The molecule has 0 aromatic rings. The van der Waals surface area contributed by atoms with E-state index in [1.165, 1.54) is 25.8 Å². The van der Waals surface area contributed by atoms with Gasteiger partial charge in [0.15, 0.2) is 0 Å². The van der Waals surface area contributed by atoms with Crippen molar-refractivity contribution in [1.29, 1.82) is 0 Å². The van der Waals surface area contributed by atoms with Gasteiger partial charge in [0, 0.05) is 6.04 Å². The van der Waals surface area contributed by atoms with E-state index in [-0.39, 0.29) is 0 Å². The van der Waals surface area contributed by atoms with Crippen LogP contribution in [0.3, 0.4) is 0 Å². The lowest BCUT2D eigenvalue weighted by atomic mass is 10.2. The Morgan fingerprint density at radius 2 is 2.00 bits per heavy atom. The van der Waals surface area contributed by atoms with Gasteiger partial charge in [0.05, 0.1) is 0 Å². The van der Waals surface area contributed by atoms with Crippen LogP contribution < -0.4 is 5.32 Å². The molecule has 1 atom stereocenters. The highest BCUT2D eigenvalue weighted by molar-refractivity contribution is 4.61. The summed E-state index contributed by atoms with van der Waals surface area (Å²) in [6.07, 6.45) is 3.84. The van der Waals surface area contributed by atoms with Crippen molar-refractivity contribution in [3.63, 3.8) is 0 Å². The van der Waals surface area contributed by atoms with Crippen molar-refractivity contribution in [3.8, 4) is 0 Å². The fourth-order valence-corrected chi connectivity index (χ4v) is 1.32. The fraction of sp³-hybridized carbons (Fsp3) is 1.00. The Hall–Kier alpha value is -0.0800. The lowest BCUT2D eigenvalue weighted by molar-refractivity contribution is 0.333. The van der Waals surface area contributed by atoms with Crippen LogP contribution in [0.1, 0.15) is 40.0 Å². The minimum atomic E-state index is 0.685. The molecule has 1 N–H and O–H groups in total. The fourth-order valence-electron chi connectivity index (χ4n) is 1.32. The molecule has 80 valence electrons. The molecule has 13 heavy (non-hydrogen) atoms. The lowest BCUT2D eigenvalue weighted by Gasteiger charge is -2.16. The first-order valence-corrected chi connectivity index (χ1v) is 5.62. The van der Waals surface area contributed by atoms with E-state index >= 15 is 0 Å². The van der Waals surface area contributed by atoms with E-state index in [0.29, 0.717) is 6.04 Å². The standard InChI is InChI=1S/C11H26N2/c1-5-9-12-11(3)8-7-10-13(4)6-2/h11-12H,5-10H2,1-4H3. The van der Waals surface area contributed by atoms with Crippen LogP contribution in [-0.4, -0.2) is 37.6 Å². The molecular formula is C11H26N2. The number of rotatable bonds is 8. The molecule has 2 nitrogen and oxygen atoms in total. The first-order valence-electron chi connectivity index (χ1n) is 5.62. The van der Waals surface area contributed by atoms with Crippen molar-refractivity contribution in [1.82, 2.24) is 10.2 Å². The Labute approximate surface area is 83.7 Å². The molecule has 0 radical (unpaired) electrons. The van der Waals surface area contributed by atoms with Crippen LogP contribution in [0, 0.1) is 0 Å². The predicted molar refractivity (Wildman–Crippen MR) is 60.2 cm³/mol. The van der Waals surface area contributed by atoms with E-state index < -0.39 is 0 Å². The quantitative estimate of drug-likeness (QED) is 0.624. The van der Waals surface area contributed by atoms with Gasteiger partial charge < -0.3 is 10.2 Å². The predicted octanol–water partition coefficient (Wildman–Crippen LogP) is 2.11. The van der Waals surface area contributed by atoms with Crippen LogP contribution in [0.2, 0.25) is 0 Å². The zero-order valence-corrected chi connectivity index (χ0v) is 9.77. The minimum Gasteiger partial charge on any atom is -0.314 e. The van der Waals surface area contributed by atoms with E-state index in [0.717, 1.165) is 13.1 Å². The van der Waals surface area contributed by atoms with Gasteiger partial charge >= 0.3 is 0 Å². The van der Waals surface area contributed by atoms with Gasteiger partial charge in [0.2, 0.25) is 0 Å². The maximum atomic E-state index is 3.51. The summed E-state index contributed by atoms with van der Waals surface area (Å²) >= 11 is 0. The molecule has 0 heterocycles. The van der Waals surface area contributed by atoms with Crippen molar-refractivity contribution in [2.24, 2.45) is 0 Å². The SMILES string of the molecule is CCCNC(C)CCCN(C)CC. The van der Waals surface area contributed by atoms with Crippen LogP contribution in [-0.2, 0) is 0 Å². The van der Waals surface area contributed by atoms with Crippen molar-refractivity contribution in [2.45, 2.75) is 46.1 Å². The van der Waals surface area contributed by atoms with Crippen LogP contribution in [0.4, 0.5) is 0 Å². The highest BCUT2D eigenvalue weighted by Gasteiger charge is 2.00. The van der Waals surface area contributed by atoms with Gasteiger partial charge in [-0.3, -0.25) is 0 Å². The Balaban J connectivity index is 3.21. The van der Waals surface area contributed by atoms with E-state index in [9.17, 15) is 0 Å². The second-order valence-corrected chi connectivity index (χ2v) is 3.89. The highest BCUT2D eigenvalue weighted by Crippen LogP contribution is 1.97. The van der Waals surface area contributed by atoms with Crippen molar-refractivity contribution in [3.05, 3.63) is 0 Å². The summed E-state index contributed by atoms with van der Waals surface area (Å²) in [7, 11) is 2.18. The number of nitrogens with one attached hydrogen (secondary N) is 1. The summed E-state index contributed by atoms with van der Waals surface area (Å²) in [6.45, 7) is 10.3. The van der Waals surface area contributed by atoms with Gasteiger partial charge in [-0.05, 0) is 52.9 Å². The Morgan fingerprint density at radius 3 is 2.54 bits per heavy atom. The van der Waals surface area contributed by atoms with E-state index in [1.807, 2.05) is 0 Å². The molecule has 0 fully saturated rings. The van der Waals surface area contributed by atoms with E-state index in [2.05, 4.69) is 38.0 Å². The molecule has 0 aliphatic rings. The van der Waals surface area contributed by atoms with Gasteiger partial charge in [0.1, 0.15) is 0 Å². The Bertz CT molecular complexity index is 104. The second-order valence-electron chi connectivity index (χ2n) is 3.89. The molecule has 0 rings (SSSR count). The van der Waals surface area contributed by atoms with Gasteiger partial charge in [-0.15, -0.1) is 0 Å². The molecule has 0 aromatic carbocycles. The molecule has 0 saturated carbocycles. The van der Waals surface area contributed by atoms with E-state index in [1.54, 1.807) is 0 Å². The normalized spacial score (nSPS) is 13.6. The average molecular weight is 186 g/mol. The van der Waals surface area contributed by atoms with Crippen LogP contribution in [0.5, 0.6) is 0 Å². The molecule has 0 aromatic heterocycles. The van der Waals surface area contributed by atoms with Crippen LogP contribution >= 0.6 is 0 Å². The maximum Gasteiger partial charge on any atom is 0.00391 e. The zero-order valence-electron chi connectivity index (χ0n) is 9.77. The Morgan fingerprint density at radius 1 is 1.31 bits per heavy atom. The summed E-state index contributed by atoms with van der Waals surface area (Å²) < 4.78 is 0. The summed E-state index contributed by atoms with van der Waals surface area (Å²) in [6, 6.07) is 0.685. The molecule has 0 amide bonds. The molecule has 0 saturated heterocycles. The van der Waals surface area contributed by atoms with Gasteiger partial charge in [-0.25, -0.2) is 0 Å². The molecule has 2 heteroatoms. The molecule has 0 spiro atoms. The topological polar surface area (TPSA) is 15.3 Å². The summed E-state index contributed by atoms with van der Waals surface area (Å²) in [5.41, 5.74) is 0. The molecule has 0 aliphatic carbocycles. The van der Waals surface area contributed by atoms with Crippen molar-refractivity contribution in [2.75, 3.05) is 26.7 Å². The van der Waals surface area contributed by atoms with Crippen LogP contribution in [0.15, 0.2) is 0 Å². The zero-order chi connectivity index (χ0) is 10.1. The second kappa shape index (κ2) is 8.52. The lowest BCUT2D eigenvalue weighted by Crippen LogP contribution is -2.28. The number of hydrogen-bond acceptors (Lipinski definition) is 2. The molecule has 1 unspecified atom stereocenters. The largest absolute Gasteiger partial charge is 0.314 e. The monoisotopic (exact) mass is 186 g/mol. The first-order chi connectivity index (χ1) is 6.20. The summed E-state index contributed by atoms with van der Waals surface area (Å²) in [5.74, 6) is 0.